The van der Waals surface area contributed by atoms with Gasteiger partial charge in [-0.3, -0.25) is 0 Å². The molecule has 100 valence electrons. The molecule has 2 rings (SSSR count). The molecule has 0 radical (unpaired) electrons. The summed E-state index contributed by atoms with van der Waals surface area (Å²) in [5.74, 6) is 0.376. The monoisotopic (exact) mass is 286 g/mol. The highest BCUT2D eigenvalue weighted by molar-refractivity contribution is 6.33. The Hall–Kier alpha value is -0.240. The van der Waals surface area contributed by atoms with E-state index >= 15 is 0 Å². The van der Waals surface area contributed by atoms with E-state index in [1.54, 1.807) is 12.1 Å². The molecule has 3 heteroatoms. The first-order chi connectivity index (χ1) is 8.49. The van der Waals surface area contributed by atoms with Crippen molar-refractivity contribution in [1.29, 1.82) is 0 Å². The van der Waals surface area contributed by atoms with Gasteiger partial charge in [0.2, 0.25) is 0 Å². The molecule has 1 unspecified atom stereocenters. The zero-order valence-electron chi connectivity index (χ0n) is 10.8. The van der Waals surface area contributed by atoms with E-state index in [1.807, 2.05) is 13.0 Å². The van der Waals surface area contributed by atoms with Gasteiger partial charge in [0.25, 0.3) is 0 Å². The summed E-state index contributed by atoms with van der Waals surface area (Å²) in [5, 5.41) is 12.1. The van der Waals surface area contributed by atoms with Crippen LogP contribution in [0.25, 0.3) is 0 Å². The van der Waals surface area contributed by atoms with Crippen molar-refractivity contribution in [2.24, 2.45) is 5.92 Å². The quantitative estimate of drug-likeness (QED) is 0.841. The summed E-state index contributed by atoms with van der Waals surface area (Å²) >= 11 is 12.2. The van der Waals surface area contributed by atoms with Gasteiger partial charge in [-0.05, 0) is 49.4 Å². The number of hydrogen-bond donors (Lipinski definition) is 1. The average molecular weight is 287 g/mol. The van der Waals surface area contributed by atoms with Gasteiger partial charge in [0.1, 0.15) is 0 Å². The van der Waals surface area contributed by atoms with Crippen LogP contribution in [0.1, 0.15) is 44.6 Å². The van der Waals surface area contributed by atoms with Crippen molar-refractivity contribution < 1.29 is 5.11 Å². The van der Waals surface area contributed by atoms with Crippen LogP contribution in [0.5, 0.6) is 0 Å². The van der Waals surface area contributed by atoms with Crippen molar-refractivity contribution >= 4 is 23.2 Å². The van der Waals surface area contributed by atoms with Crippen LogP contribution in [0.4, 0.5) is 0 Å². The lowest BCUT2D eigenvalue weighted by molar-refractivity contribution is -0.0159. The van der Waals surface area contributed by atoms with Crippen molar-refractivity contribution in [2.75, 3.05) is 0 Å². The smallest absolute Gasteiger partial charge is 0.0688 e. The Morgan fingerprint density at radius 2 is 1.89 bits per heavy atom. The topological polar surface area (TPSA) is 20.2 Å². The largest absolute Gasteiger partial charge is 0.390 e. The fourth-order valence-electron chi connectivity index (χ4n) is 2.93. The van der Waals surface area contributed by atoms with Crippen LogP contribution in [-0.4, -0.2) is 10.7 Å². The maximum absolute atomic E-state index is 10.7. The van der Waals surface area contributed by atoms with Crippen molar-refractivity contribution in [2.45, 2.75) is 51.0 Å². The maximum Gasteiger partial charge on any atom is 0.0688 e. The molecule has 0 saturated heterocycles. The van der Waals surface area contributed by atoms with Crippen LogP contribution in [0, 0.1) is 5.92 Å². The summed E-state index contributed by atoms with van der Waals surface area (Å²) in [6.07, 6.45) is 6.56. The fraction of sp³-hybridized carbons (Fsp3) is 0.600. The number of rotatable bonds is 3. The minimum Gasteiger partial charge on any atom is -0.390 e. The lowest BCUT2D eigenvalue weighted by atomic mass is 9.75. The summed E-state index contributed by atoms with van der Waals surface area (Å²) in [6, 6.07) is 5.44. The predicted molar refractivity (Wildman–Crippen MR) is 77.4 cm³/mol. The first-order valence-corrected chi connectivity index (χ1v) is 7.41. The van der Waals surface area contributed by atoms with Crippen LogP contribution in [0.15, 0.2) is 18.2 Å². The Balaban J connectivity index is 2.13. The highest BCUT2D eigenvalue weighted by atomic mass is 35.5. The van der Waals surface area contributed by atoms with Crippen LogP contribution >= 0.6 is 23.2 Å². The zero-order valence-corrected chi connectivity index (χ0v) is 12.3. The van der Waals surface area contributed by atoms with Crippen molar-refractivity contribution in [1.82, 2.24) is 0 Å². The Labute approximate surface area is 119 Å². The van der Waals surface area contributed by atoms with E-state index in [9.17, 15) is 5.11 Å². The van der Waals surface area contributed by atoms with E-state index in [-0.39, 0.29) is 0 Å². The highest BCUT2D eigenvalue weighted by Crippen LogP contribution is 2.36. The fourth-order valence-corrected chi connectivity index (χ4v) is 3.31. The van der Waals surface area contributed by atoms with Crippen LogP contribution < -0.4 is 0 Å². The second-order valence-electron chi connectivity index (χ2n) is 5.60. The van der Waals surface area contributed by atoms with Gasteiger partial charge >= 0.3 is 0 Å². The molecule has 1 atom stereocenters. The van der Waals surface area contributed by atoms with E-state index < -0.39 is 5.60 Å². The van der Waals surface area contributed by atoms with Crippen LogP contribution in [-0.2, 0) is 6.42 Å². The highest BCUT2D eigenvalue weighted by Gasteiger charge is 2.33. The molecule has 0 heterocycles. The van der Waals surface area contributed by atoms with E-state index in [0.717, 1.165) is 18.4 Å². The van der Waals surface area contributed by atoms with E-state index in [2.05, 4.69) is 0 Å². The van der Waals surface area contributed by atoms with Gasteiger partial charge in [0, 0.05) is 16.5 Å². The summed E-state index contributed by atoms with van der Waals surface area (Å²) < 4.78 is 0. The lowest BCUT2D eigenvalue weighted by Gasteiger charge is -2.36. The molecule has 1 N–H and O–H groups in total. The molecule has 1 aromatic rings. The predicted octanol–water partition coefficient (Wildman–Crippen LogP) is 4.87. The Morgan fingerprint density at radius 3 is 2.56 bits per heavy atom. The second kappa shape index (κ2) is 5.81. The minimum absolute atomic E-state index is 0.376. The third kappa shape index (κ3) is 3.40. The molecular formula is C15H20Cl2O. The van der Waals surface area contributed by atoms with Crippen LogP contribution in [0.2, 0.25) is 10.0 Å². The van der Waals surface area contributed by atoms with Gasteiger partial charge in [-0.25, -0.2) is 0 Å². The summed E-state index contributed by atoms with van der Waals surface area (Å²) in [4.78, 5) is 0. The number of aliphatic hydroxyl groups is 1. The number of benzene rings is 1. The summed E-state index contributed by atoms with van der Waals surface area (Å²) in [7, 11) is 0. The molecule has 1 nitrogen and oxygen atoms in total. The third-order valence-corrected chi connectivity index (χ3v) is 4.64. The Bertz CT molecular complexity index is 409. The van der Waals surface area contributed by atoms with E-state index in [4.69, 9.17) is 23.2 Å². The lowest BCUT2D eigenvalue weighted by Crippen LogP contribution is -2.38. The molecule has 1 fully saturated rings. The SMILES string of the molecule is CC(O)(Cc1cc(Cl)ccc1Cl)C1CCCCC1. The van der Waals surface area contributed by atoms with Gasteiger partial charge < -0.3 is 5.11 Å². The second-order valence-corrected chi connectivity index (χ2v) is 6.45. The van der Waals surface area contributed by atoms with Gasteiger partial charge in [-0.1, -0.05) is 42.5 Å². The van der Waals surface area contributed by atoms with Crippen molar-refractivity contribution in [3.05, 3.63) is 33.8 Å². The molecule has 0 spiro atoms. The summed E-state index contributed by atoms with van der Waals surface area (Å²) in [5.41, 5.74) is 0.258. The zero-order chi connectivity index (χ0) is 13.2. The van der Waals surface area contributed by atoms with Crippen molar-refractivity contribution in [3.63, 3.8) is 0 Å². The minimum atomic E-state index is -0.686. The van der Waals surface area contributed by atoms with Crippen LogP contribution in [0.3, 0.4) is 0 Å². The molecule has 0 amide bonds. The Morgan fingerprint density at radius 1 is 1.22 bits per heavy atom. The number of hydrogen-bond acceptors (Lipinski definition) is 1. The first-order valence-electron chi connectivity index (χ1n) is 6.65. The average Bonchev–Trinajstić information content (AvgIpc) is 2.35. The van der Waals surface area contributed by atoms with Gasteiger partial charge in [-0.15, -0.1) is 0 Å². The molecular weight excluding hydrogens is 267 g/mol. The third-order valence-electron chi connectivity index (χ3n) is 4.04. The van der Waals surface area contributed by atoms with Gasteiger partial charge in [0.05, 0.1) is 5.60 Å². The normalized spacial score (nSPS) is 20.7. The van der Waals surface area contributed by atoms with E-state index in [1.165, 1.54) is 19.3 Å². The molecule has 1 saturated carbocycles. The molecule has 0 bridgehead atoms. The molecule has 1 aromatic carbocycles. The molecule has 1 aliphatic rings. The van der Waals surface area contributed by atoms with E-state index in [0.29, 0.717) is 22.4 Å². The maximum atomic E-state index is 10.7. The first kappa shape index (κ1) is 14.2. The molecule has 0 aliphatic heterocycles. The van der Waals surface area contributed by atoms with Gasteiger partial charge in [-0.2, -0.15) is 0 Å². The molecule has 0 aromatic heterocycles. The number of halogens is 2. The standard InChI is InChI=1S/C15H20Cl2O/c1-15(18,12-5-3-2-4-6-12)10-11-9-13(16)7-8-14(11)17/h7-9,12,18H,2-6,10H2,1H3. The Kier molecular flexibility index (Phi) is 4.58. The molecule has 1 aliphatic carbocycles. The summed E-state index contributed by atoms with van der Waals surface area (Å²) in [6.45, 7) is 1.93. The molecule has 18 heavy (non-hydrogen) atoms. The van der Waals surface area contributed by atoms with Crippen molar-refractivity contribution in [3.8, 4) is 0 Å². The van der Waals surface area contributed by atoms with Gasteiger partial charge in [0.15, 0.2) is 0 Å².